The fraction of sp³-hybridized carbons (Fsp3) is 0.762. The molecule has 0 saturated carbocycles. The van der Waals surface area contributed by atoms with Crippen molar-refractivity contribution in [3.05, 3.63) is 23.6 Å². The molecule has 2 N–H and O–H groups in total. The predicted molar refractivity (Wildman–Crippen MR) is 107 cm³/mol. The van der Waals surface area contributed by atoms with Gasteiger partial charge in [0.2, 0.25) is 0 Å². The maximum Gasteiger partial charge on any atom is 0.283 e. The number of hydroxylamine groups is 2. The lowest BCUT2D eigenvalue weighted by Gasteiger charge is -2.47. The van der Waals surface area contributed by atoms with Crippen LogP contribution in [0.3, 0.4) is 0 Å². The Morgan fingerprint density at radius 1 is 1.29 bits per heavy atom. The molecule has 0 bridgehead atoms. The van der Waals surface area contributed by atoms with Crippen LogP contribution in [0.2, 0.25) is 0 Å². The quantitative estimate of drug-likeness (QED) is 0.522. The number of ether oxygens (including phenoxy) is 1. The lowest BCUT2D eigenvalue weighted by Crippen LogP contribution is -2.62. The third kappa shape index (κ3) is 4.27. The molecule has 0 aliphatic carbocycles. The molecule has 0 spiro atoms. The average Bonchev–Trinajstić information content (AvgIpc) is 2.89. The molecule has 0 aromatic heterocycles. The summed E-state index contributed by atoms with van der Waals surface area (Å²) in [6.07, 6.45) is 4.81. The molecule has 3 atom stereocenters. The van der Waals surface area contributed by atoms with E-state index in [1.807, 2.05) is 6.92 Å². The van der Waals surface area contributed by atoms with Gasteiger partial charge < -0.3 is 14.9 Å². The van der Waals surface area contributed by atoms with Gasteiger partial charge in [0.25, 0.3) is 5.91 Å². The fourth-order valence-electron chi connectivity index (χ4n) is 4.25. The second kappa shape index (κ2) is 9.87. The summed E-state index contributed by atoms with van der Waals surface area (Å²) in [7, 11) is 1.42. The number of unbranched alkanes of at least 4 members (excludes halogenated alkanes) is 3. The number of likely N-dealkylation sites (N-methyl/N-ethyl adjacent to an activating group) is 1. The summed E-state index contributed by atoms with van der Waals surface area (Å²) in [6.45, 7) is 11.4. The number of nitrogens with zero attached hydrogens (tertiary/aromatic N) is 2. The molecule has 7 heteroatoms. The van der Waals surface area contributed by atoms with E-state index in [9.17, 15) is 9.90 Å². The molecule has 0 aromatic carbocycles. The lowest BCUT2D eigenvalue weighted by molar-refractivity contribution is -0.159. The summed E-state index contributed by atoms with van der Waals surface area (Å²) < 4.78 is 6.16. The van der Waals surface area contributed by atoms with Gasteiger partial charge in [0.1, 0.15) is 17.4 Å². The molecule has 0 saturated heterocycles. The largest absolute Gasteiger partial charge is 0.485 e. The Kier molecular flexibility index (Phi) is 8.07. The molecule has 2 rings (SSSR count). The number of hydrogen-bond acceptors (Lipinski definition) is 6. The summed E-state index contributed by atoms with van der Waals surface area (Å²) in [6, 6.07) is -0.518. The molecule has 0 unspecified atom stereocenters. The van der Waals surface area contributed by atoms with Crippen molar-refractivity contribution in [2.75, 3.05) is 26.8 Å². The molecule has 0 fully saturated rings. The second-order valence-electron chi connectivity index (χ2n) is 7.76. The van der Waals surface area contributed by atoms with Crippen molar-refractivity contribution >= 4 is 5.91 Å². The lowest BCUT2D eigenvalue weighted by atomic mass is 9.79. The van der Waals surface area contributed by atoms with Gasteiger partial charge in [-0.05, 0) is 45.7 Å². The van der Waals surface area contributed by atoms with E-state index in [1.54, 1.807) is 6.92 Å². The molecular formula is C21H36N2O5. The second-order valence-corrected chi connectivity index (χ2v) is 7.76. The maximum atomic E-state index is 13.0. The zero-order chi connectivity index (χ0) is 20.9. The predicted octanol–water partition coefficient (Wildman–Crippen LogP) is 2.35. The molecule has 0 aromatic rings. The SMILES string of the molecule is C=C1C2=C(C(=O)N1OC)[C@@H](N(CC)CCCCO)[C@@](C)(O)[C@H](CCCCC)O2. The summed E-state index contributed by atoms with van der Waals surface area (Å²) in [5.41, 5.74) is -0.439. The fourth-order valence-corrected chi connectivity index (χ4v) is 4.25. The van der Waals surface area contributed by atoms with Crippen LogP contribution in [0.25, 0.3) is 0 Å². The highest BCUT2D eigenvalue weighted by atomic mass is 16.7. The molecule has 160 valence electrons. The van der Waals surface area contributed by atoms with Crippen molar-refractivity contribution in [2.45, 2.75) is 77.0 Å². The van der Waals surface area contributed by atoms with Crippen molar-refractivity contribution in [1.82, 2.24) is 9.96 Å². The van der Waals surface area contributed by atoms with Gasteiger partial charge in [-0.25, -0.2) is 0 Å². The van der Waals surface area contributed by atoms with Crippen molar-refractivity contribution in [3.8, 4) is 0 Å². The Balaban J connectivity index is 2.42. The standard InChI is InChI=1S/C21H36N2O5/c1-6-8-9-12-16-21(4,26)19(22(7-2)13-10-11-14-24)17-18(28-16)15(3)23(27-5)20(17)25/h16,19,24,26H,3,6-14H2,1-2,4-5H3/t16-,19+,21-/m0/s1. The Morgan fingerprint density at radius 3 is 2.57 bits per heavy atom. The van der Waals surface area contributed by atoms with E-state index in [0.717, 1.165) is 30.7 Å². The molecule has 2 heterocycles. The first kappa shape index (κ1) is 22.9. The minimum atomic E-state index is -1.23. The van der Waals surface area contributed by atoms with Crippen LogP contribution in [0, 0.1) is 0 Å². The van der Waals surface area contributed by atoms with Crippen LogP contribution in [0.5, 0.6) is 0 Å². The van der Waals surface area contributed by atoms with E-state index < -0.39 is 17.7 Å². The number of carbonyl (C=O) groups is 1. The van der Waals surface area contributed by atoms with Gasteiger partial charge in [-0.15, -0.1) is 0 Å². The van der Waals surface area contributed by atoms with Gasteiger partial charge in [0.15, 0.2) is 5.76 Å². The number of aliphatic hydroxyl groups excluding tert-OH is 1. The van der Waals surface area contributed by atoms with Gasteiger partial charge in [-0.2, -0.15) is 5.06 Å². The minimum absolute atomic E-state index is 0.127. The number of rotatable bonds is 11. The Hall–Kier alpha value is -1.41. The molecule has 28 heavy (non-hydrogen) atoms. The average molecular weight is 397 g/mol. The van der Waals surface area contributed by atoms with E-state index in [2.05, 4.69) is 18.4 Å². The Labute approximate surface area is 168 Å². The molecular weight excluding hydrogens is 360 g/mol. The zero-order valence-corrected chi connectivity index (χ0v) is 17.7. The van der Waals surface area contributed by atoms with Crippen molar-refractivity contribution in [3.63, 3.8) is 0 Å². The monoisotopic (exact) mass is 396 g/mol. The van der Waals surface area contributed by atoms with E-state index in [0.29, 0.717) is 43.0 Å². The molecule has 7 nitrogen and oxygen atoms in total. The van der Waals surface area contributed by atoms with Crippen LogP contribution >= 0.6 is 0 Å². The van der Waals surface area contributed by atoms with Gasteiger partial charge in [0, 0.05) is 6.61 Å². The Bertz CT molecular complexity index is 602. The van der Waals surface area contributed by atoms with E-state index >= 15 is 0 Å². The molecule has 1 amide bonds. The Morgan fingerprint density at radius 2 is 2.00 bits per heavy atom. The highest BCUT2D eigenvalue weighted by Gasteiger charge is 2.56. The molecule has 2 aliphatic heterocycles. The van der Waals surface area contributed by atoms with Gasteiger partial charge in [0.05, 0.1) is 18.7 Å². The first-order valence-corrected chi connectivity index (χ1v) is 10.4. The normalized spacial score (nSPS) is 27.6. The number of carbonyl (C=O) groups excluding carboxylic acids is 1. The highest BCUT2D eigenvalue weighted by Crippen LogP contribution is 2.44. The molecule has 2 aliphatic rings. The van der Waals surface area contributed by atoms with Crippen molar-refractivity contribution in [2.24, 2.45) is 0 Å². The van der Waals surface area contributed by atoms with Crippen molar-refractivity contribution < 1.29 is 24.6 Å². The summed E-state index contributed by atoms with van der Waals surface area (Å²) in [4.78, 5) is 20.3. The smallest absolute Gasteiger partial charge is 0.283 e. The van der Waals surface area contributed by atoms with Crippen molar-refractivity contribution in [1.29, 1.82) is 0 Å². The minimum Gasteiger partial charge on any atom is -0.485 e. The van der Waals surface area contributed by atoms with Crippen LogP contribution in [-0.2, 0) is 14.4 Å². The van der Waals surface area contributed by atoms with Gasteiger partial charge in [-0.1, -0.05) is 33.3 Å². The maximum absolute atomic E-state index is 13.0. The van der Waals surface area contributed by atoms with Crippen LogP contribution in [-0.4, -0.2) is 70.6 Å². The number of hydrogen-bond donors (Lipinski definition) is 2. The van der Waals surface area contributed by atoms with Crippen LogP contribution in [0.1, 0.15) is 59.3 Å². The third-order valence-electron chi connectivity index (χ3n) is 5.78. The van der Waals surface area contributed by atoms with Crippen LogP contribution in [0.15, 0.2) is 23.6 Å². The number of aliphatic hydroxyl groups is 2. The van der Waals surface area contributed by atoms with E-state index in [1.165, 1.54) is 7.11 Å². The topological polar surface area (TPSA) is 82.5 Å². The highest BCUT2D eigenvalue weighted by molar-refractivity contribution is 6.00. The zero-order valence-electron chi connectivity index (χ0n) is 17.7. The van der Waals surface area contributed by atoms with Gasteiger partial charge in [-0.3, -0.25) is 14.5 Å². The summed E-state index contributed by atoms with van der Waals surface area (Å²) in [5.74, 6) is 0.103. The van der Waals surface area contributed by atoms with Gasteiger partial charge >= 0.3 is 0 Å². The first-order valence-electron chi connectivity index (χ1n) is 10.4. The first-order chi connectivity index (χ1) is 13.3. The summed E-state index contributed by atoms with van der Waals surface area (Å²) in [5, 5.41) is 21.8. The van der Waals surface area contributed by atoms with E-state index in [4.69, 9.17) is 14.7 Å². The van der Waals surface area contributed by atoms with Crippen LogP contribution < -0.4 is 0 Å². The van der Waals surface area contributed by atoms with Crippen LogP contribution in [0.4, 0.5) is 0 Å². The molecule has 0 radical (unpaired) electrons. The summed E-state index contributed by atoms with van der Waals surface area (Å²) >= 11 is 0. The third-order valence-corrected chi connectivity index (χ3v) is 5.78. The van der Waals surface area contributed by atoms with E-state index in [-0.39, 0.29) is 12.5 Å². The number of amides is 1.